The summed E-state index contributed by atoms with van der Waals surface area (Å²) in [4.78, 5) is 4.65. The lowest BCUT2D eigenvalue weighted by Gasteiger charge is -2.51. The van der Waals surface area contributed by atoms with E-state index in [-0.39, 0.29) is 5.41 Å². The van der Waals surface area contributed by atoms with Crippen molar-refractivity contribution in [2.75, 3.05) is 0 Å². The second-order valence-electron chi connectivity index (χ2n) is 6.54. The van der Waals surface area contributed by atoms with Crippen molar-refractivity contribution in [3.63, 3.8) is 0 Å². The highest BCUT2D eigenvalue weighted by Gasteiger charge is 2.51. The third kappa shape index (κ3) is 1.23. The summed E-state index contributed by atoms with van der Waals surface area (Å²) < 4.78 is 0. The molecule has 0 aromatic carbocycles. The zero-order valence-corrected chi connectivity index (χ0v) is 11.2. The van der Waals surface area contributed by atoms with E-state index in [2.05, 4.69) is 50.9 Å². The van der Waals surface area contributed by atoms with Crippen LogP contribution >= 0.6 is 0 Å². The van der Waals surface area contributed by atoms with Crippen LogP contribution in [-0.2, 0) is 5.41 Å². The van der Waals surface area contributed by atoms with E-state index in [1.807, 2.05) is 6.20 Å². The molecule has 2 aliphatic carbocycles. The SMILES string of the molecule is CC1(C)c2cccnc2C2=CCCC2C1(C)C. The Morgan fingerprint density at radius 3 is 2.76 bits per heavy atom. The Bertz CT molecular complexity index is 494. The van der Waals surface area contributed by atoms with Crippen LogP contribution in [0.15, 0.2) is 24.4 Å². The first-order chi connectivity index (χ1) is 7.96. The Balaban J connectivity index is 2.31. The molecule has 17 heavy (non-hydrogen) atoms. The quantitative estimate of drug-likeness (QED) is 0.647. The maximum atomic E-state index is 4.65. The maximum absolute atomic E-state index is 4.65. The van der Waals surface area contributed by atoms with Gasteiger partial charge in [0.1, 0.15) is 0 Å². The van der Waals surface area contributed by atoms with Gasteiger partial charge in [0, 0.05) is 6.20 Å². The maximum Gasteiger partial charge on any atom is 0.0699 e. The third-order valence-corrected chi connectivity index (χ3v) is 5.43. The molecule has 1 aromatic heterocycles. The van der Waals surface area contributed by atoms with Crippen LogP contribution in [0.1, 0.15) is 51.8 Å². The van der Waals surface area contributed by atoms with Gasteiger partial charge in [0.05, 0.1) is 5.69 Å². The molecule has 1 aromatic rings. The van der Waals surface area contributed by atoms with Crippen LogP contribution in [0.3, 0.4) is 0 Å². The number of aromatic nitrogens is 1. The zero-order valence-electron chi connectivity index (χ0n) is 11.2. The third-order valence-electron chi connectivity index (χ3n) is 5.43. The molecule has 1 atom stereocenters. The summed E-state index contributed by atoms with van der Waals surface area (Å²) >= 11 is 0. The van der Waals surface area contributed by atoms with E-state index in [4.69, 9.17) is 0 Å². The van der Waals surface area contributed by atoms with Gasteiger partial charge in [0.2, 0.25) is 0 Å². The Morgan fingerprint density at radius 2 is 2.00 bits per heavy atom. The monoisotopic (exact) mass is 227 g/mol. The van der Waals surface area contributed by atoms with Crippen LogP contribution in [0.4, 0.5) is 0 Å². The largest absolute Gasteiger partial charge is 0.256 e. The second kappa shape index (κ2) is 3.22. The van der Waals surface area contributed by atoms with Gasteiger partial charge in [-0.1, -0.05) is 39.8 Å². The van der Waals surface area contributed by atoms with Crippen LogP contribution < -0.4 is 0 Å². The molecular formula is C16H21N. The summed E-state index contributed by atoms with van der Waals surface area (Å²) in [6.07, 6.45) is 6.86. The highest BCUT2D eigenvalue weighted by atomic mass is 14.7. The lowest BCUT2D eigenvalue weighted by molar-refractivity contribution is 0.127. The first-order valence-corrected chi connectivity index (χ1v) is 6.62. The van der Waals surface area contributed by atoms with Crippen molar-refractivity contribution in [3.05, 3.63) is 35.7 Å². The molecule has 0 aliphatic heterocycles. The van der Waals surface area contributed by atoms with Gasteiger partial charge in [-0.2, -0.15) is 0 Å². The van der Waals surface area contributed by atoms with Crippen molar-refractivity contribution in [1.29, 1.82) is 0 Å². The van der Waals surface area contributed by atoms with E-state index in [9.17, 15) is 0 Å². The van der Waals surface area contributed by atoms with Crippen molar-refractivity contribution in [2.24, 2.45) is 11.3 Å². The summed E-state index contributed by atoms with van der Waals surface area (Å²) in [6.45, 7) is 9.60. The van der Waals surface area contributed by atoms with Crippen LogP contribution in [0.5, 0.6) is 0 Å². The van der Waals surface area contributed by atoms with Crippen molar-refractivity contribution in [3.8, 4) is 0 Å². The smallest absolute Gasteiger partial charge is 0.0699 e. The van der Waals surface area contributed by atoms with E-state index in [1.165, 1.54) is 29.7 Å². The Labute approximate surface area is 104 Å². The van der Waals surface area contributed by atoms with Gasteiger partial charge in [-0.15, -0.1) is 0 Å². The van der Waals surface area contributed by atoms with Gasteiger partial charge in [-0.05, 0) is 46.8 Å². The predicted molar refractivity (Wildman–Crippen MR) is 71.7 cm³/mol. The molecule has 0 bridgehead atoms. The van der Waals surface area contributed by atoms with Gasteiger partial charge < -0.3 is 0 Å². The van der Waals surface area contributed by atoms with Gasteiger partial charge in [-0.3, -0.25) is 4.98 Å². The van der Waals surface area contributed by atoms with E-state index < -0.39 is 0 Å². The lowest BCUT2D eigenvalue weighted by Crippen LogP contribution is -2.46. The molecule has 0 N–H and O–H groups in total. The standard InChI is InChI=1S/C16H21N/c1-15(2)12-8-5-7-11(12)14-13(16(15,3)4)9-6-10-17-14/h6-7,9-10,12H,5,8H2,1-4H3. The molecule has 90 valence electrons. The second-order valence-corrected chi connectivity index (χ2v) is 6.54. The lowest BCUT2D eigenvalue weighted by atomic mass is 9.53. The average molecular weight is 227 g/mol. The number of hydrogen-bond donors (Lipinski definition) is 0. The van der Waals surface area contributed by atoms with Crippen molar-refractivity contribution < 1.29 is 0 Å². The molecule has 3 rings (SSSR count). The first-order valence-electron chi connectivity index (χ1n) is 6.62. The van der Waals surface area contributed by atoms with Crippen LogP contribution in [-0.4, -0.2) is 4.98 Å². The number of rotatable bonds is 0. The first kappa shape index (κ1) is 11.0. The topological polar surface area (TPSA) is 12.9 Å². The number of fused-ring (bicyclic) bond motifs is 3. The van der Waals surface area contributed by atoms with Gasteiger partial charge in [0.15, 0.2) is 0 Å². The summed E-state index contributed by atoms with van der Waals surface area (Å²) in [5.74, 6) is 0.680. The summed E-state index contributed by atoms with van der Waals surface area (Å²) in [7, 11) is 0. The fourth-order valence-electron chi connectivity index (χ4n) is 3.64. The molecule has 0 saturated carbocycles. The molecule has 1 unspecified atom stereocenters. The Kier molecular flexibility index (Phi) is 2.08. The minimum atomic E-state index is 0.197. The van der Waals surface area contributed by atoms with Crippen molar-refractivity contribution >= 4 is 5.57 Å². The van der Waals surface area contributed by atoms with E-state index in [0.717, 1.165) is 0 Å². The van der Waals surface area contributed by atoms with Gasteiger partial charge >= 0.3 is 0 Å². The number of allylic oxidation sites excluding steroid dienone is 2. The van der Waals surface area contributed by atoms with Crippen LogP contribution in [0.25, 0.3) is 5.57 Å². The number of nitrogens with zero attached hydrogens (tertiary/aromatic N) is 1. The molecular weight excluding hydrogens is 206 g/mol. The Hall–Kier alpha value is -1.11. The molecule has 0 radical (unpaired) electrons. The number of hydrogen-bond acceptors (Lipinski definition) is 1. The molecule has 0 saturated heterocycles. The van der Waals surface area contributed by atoms with Crippen LogP contribution in [0.2, 0.25) is 0 Å². The fraction of sp³-hybridized carbons (Fsp3) is 0.562. The molecule has 1 heteroatoms. The highest BCUT2D eigenvalue weighted by Crippen LogP contribution is 2.59. The molecule has 0 fully saturated rings. The van der Waals surface area contributed by atoms with Crippen molar-refractivity contribution in [1.82, 2.24) is 4.98 Å². The van der Waals surface area contributed by atoms with E-state index >= 15 is 0 Å². The fourth-order valence-corrected chi connectivity index (χ4v) is 3.64. The molecule has 2 aliphatic rings. The van der Waals surface area contributed by atoms with Gasteiger partial charge in [-0.25, -0.2) is 0 Å². The molecule has 1 heterocycles. The predicted octanol–water partition coefficient (Wildman–Crippen LogP) is 4.19. The zero-order chi connectivity index (χ0) is 12.3. The van der Waals surface area contributed by atoms with E-state index in [0.29, 0.717) is 11.3 Å². The summed E-state index contributed by atoms with van der Waals surface area (Å²) in [6, 6.07) is 4.34. The highest BCUT2D eigenvalue weighted by molar-refractivity contribution is 5.73. The Morgan fingerprint density at radius 1 is 1.24 bits per heavy atom. The summed E-state index contributed by atoms with van der Waals surface area (Å²) in [5.41, 5.74) is 4.70. The summed E-state index contributed by atoms with van der Waals surface area (Å²) in [5, 5.41) is 0. The minimum Gasteiger partial charge on any atom is -0.256 e. The van der Waals surface area contributed by atoms with Crippen LogP contribution in [0, 0.1) is 11.3 Å². The molecule has 1 nitrogen and oxygen atoms in total. The minimum absolute atomic E-state index is 0.197. The average Bonchev–Trinajstić information content (AvgIpc) is 2.77. The number of pyridine rings is 1. The van der Waals surface area contributed by atoms with E-state index in [1.54, 1.807) is 0 Å². The molecule has 0 spiro atoms. The van der Waals surface area contributed by atoms with Crippen molar-refractivity contribution in [2.45, 2.75) is 46.0 Å². The molecule has 0 amide bonds. The van der Waals surface area contributed by atoms with Gasteiger partial charge in [0.25, 0.3) is 0 Å². The normalized spacial score (nSPS) is 28.2.